The summed E-state index contributed by atoms with van der Waals surface area (Å²) in [4.78, 5) is 14.1. The molecule has 23 heavy (non-hydrogen) atoms. The highest BCUT2D eigenvalue weighted by molar-refractivity contribution is 5.78. The number of nitrogens with zero attached hydrogens (tertiary/aromatic N) is 2. The summed E-state index contributed by atoms with van der Waals surface area (Å²) >= 11 is 0. The van der Waals surface area contributed by atoms with Crippen LogP contribution in [0.4, 0.5) is 8.78 Å². The van der Waals surface area contributed by atoms with Crippen molar-refractivity contribution in [1.82, 2.24) is 15.4 Å². The minimum atomic E-state index is -0.879. The molecule has 3 rings (SSSR count). The molecule has 2 heterocycles. The molecule has 1 aliphatic heterocycles. The summed E-state index contributed by atoms with van der Waals surface area (Å²) in [6, 6.07) is 5.15. The summed E-state index contributed by atoms with van der Waals surface area (Å²) < 4.78 is 31.3. The first kappa shape index (κ1) is 15.6. The maximum absolute atomic E-state index is 13.5. The van der Waals surface area contributed by atoms with Crippen molar-refractivity contribution < 1.29 is 18.1 Å². The molecule has 7 heteroatoms. The predicted molar refractivity (Wildman–Crippen MR) is 78.5 cm³/mol. The maximum atomic E-state index is 13.5. The lowest BCUT2D eigenvalue weighted by molar-refractivity contribution is -0.121. The number of likely N-dealkylation sites (tertiary alicyclic amines) is 1. The molecule has 0 radical (unpaired) electrons. The van der Waals surface area contributed by atoms with E-state index in [9.17, 15) is 13.6 Å². The second kappa shape index (κ2) is 6.45. The number of hydrogen-bond donors (Lipinski definition) is 1. The van der Waals surface area contributed by atoms with Crippen molar-refractivity contribution in [2.24, 2.45) is 0 Å². The summed E-state index contributed by atoms with van der Waals surface area (Å²) in [6.07, 6.45) is 2.28. The number of benzene rings is 1. The fraction of sp³-hybridized carbons (Fsp3) is 0.375. The van der Waals surface area contributed by atoms with Gasteiger partial charge in [-0.1, -0.05) is 11.2 Å². The number of amides is 1. The highest BCUT2D eigenvalue weighted by atomic mass is 19.2. The molecular weight excluding hydrogens is 304 g/mol. The molecule has 0 aliphatic carbocycles. The van der Waals surface area contributed by atoms with E-state index < -0.39 is 11.6 Å². The van der Waals surface area contributed by atoms with E-state index in [0.717, 1.165) is 19.0 Å². The summed E-state index contributed by atoms with van der Waals surface area (Å²) in [7, 11) is 1.90. The van der Waals surface area contributed by atoms with Crippen molar-refractivity contribution in [3.8, 4) is 0 Å². The second-order valence-corrected chi connectivity index (χ2v) is 5.73. The van der Waals surface area contributed by atoms with Gasteiger partial charge in [0.2, 0.25) is 5.91 Å². The average molecular weight is 321 g/mol. The summed E-state index contributed by atoms with van der Waals surface area (Å²) in [6.45, 7) is 0.762. The van der Waals surface area contributed by atoms with Crippen LogP contribution in [-0.2, 0) is 11.2 Å². The maximum Gasteiger partial charge on any atom is 0.226 e. The van der Waals surface area contributed by atoms with E-state index in [4.69, 9.17) is 4.52 Å². The van der Waals surface area contributed by atoms with Gasteiger partial charge < -0.3 is 9.84 Å². The Morgan fingerprint density at radius 1 is 1.39 bits per heavy atom. The number of carbonyl (C=O) groups is 1. The van der Waals surface area contributed by atoms with E-state index in [-0.39, 0.29) is 24.4 Å². The Morgan fingerprint density at radius 3 is 2.91 bits per heavy atom. The molecule has 122 valence electrons. The molecule has 1 N–H and O–H groups in total. The van der Waals surface area contributed by atoms with Crippen molar-refractivity contribution in [2.45, 2.75) is 24.9 Å². The van der Waals surface area contributed by atoms with Crippen LogP contribution in [0.25, 0.3) is 0 Å². The molecule has 1 aromatic heterocycles. The summed E-state index contributed by atoms with van der Waals surface area (Å²) in [5.74, 6) is -1.93. The van der Waals surface area contributed by atoms with E-state index in [1.165, 1.54) is 12.3 Å². The van der Waals surface area contributed by atoms with Gasteiger partial charge in [-0.05, 0) is 31.2 Å². The quantitative estimate of drug-likeness (QED) is 0.936. The van der Waals surface area contributed by atoms with Crippen LogP contribution in [-0.4, -0.2) is 35.6 Å². The van der Waals surface area contributed by atoms with Crippen molar-refractivity contribution >= 4 is 5.91 Å². The Kier molecular flexibility index (Phi) is 4.38. The molecule has 5 nitrogen and oxygen atoms in total. The van der Waals surface area contributed by atoms with E-state index in [1.807, 2.05) is 11.9 Å². The van der Waals surface area contributed by atoms with Gasteiger partial charge in [0.05, 0.1) is 18.2 Å². The fourth-order valence-electron chi connectivity index (χ4n) is 3.03. The minimum absolute atomic E-state index is 0.126. The topological polar surface area (TPSA) is 58.4 Å². The smallest absolute Gasteiger partial charge is 0.226 e. The van der Waals surface area contributed by atoms with E-state index >= 15 is 0 Å². The third-order valence-electron chi connectivity index (χ3n) is 4.11. The standard InChI is InChI=1S/C16H17F2N3O2/c1-21-6-4-14(19-15(22)9-11-5-7-23-20-11)16(21)10-2-3-12(17)13(18)8-10/h2-3,5,7-8,14,16H,4,6,9H2,1H3,(H,19,22)/t14-,16-/m0/s1. The third kappa shape index (κ3) is 3.39. The van der Waals surface area contributed by atoms with Crippen LogP contribution in [0, 0.1) is 11.6 Å². The number of rotatable bonds is 4. The fourth-order valence-corrected chi connectivity index (χ4v) is 3.03. The Balaban J connectivity index is 1.73. The van der Waals surface area contributed by atoms with Crippen LogP contribution >= 0.6 is 0 Å². The molecule has 1 fully saturated rings. The van der Waals surface area contributed by atoms with Crippen molar-refractivity contribution in [3.63, 3.8) is 0 Å². The molecule has 0 saturated carbocycles. The zero-order chi connectivity index (χ0) is 16.4. The Bertz CT molecular complexity index is 691. The van der Waals surface area contributed by atoms with Crippen molar-refractivity contribution in [1.29, 1.82) is 0 Å². The predicted octanol–water partition coefficient (Wildman–Crippen LogP) is 2.06. The van der Waals surface area contributed by atoms with Gasteiger partial charge in [-0.15, -0.1) is 0 Å². The molecule has 2 aromatic rings. The van der Waals surface area contributed by atoms with Gasteiger partial charge in [0.15, 0.2) is 11.6 Å². The third-order valence-corrected chi connectivity index (χ3v) is 4.11. The number of hydrogen-bond acceptors (Lipinski definition) is 4. The highest BCUT2D eigenvalue weighted by Gasteiger charge is 2.34. The van der Waals surface area contributed by atoms with Gasteiger partial charge in [-0.3, -0.25) is 9.69 Å². The molecule has 0 spiro atoms. The van der Waals surface area contributed by atoms with Gasteiger partial charge in [0, 0.05) is 18.7 Å². The van der Waals surface area contributed by atoms with Gasteiger partial charge in [-0.2, -0.15) is 0 Å². The Morgan fingerprint density at radius 2 is 2.22 bits per heavy atom. The number of aromatic nitrogens is 1. The molecule has 2 atom stereocenters. The molecule has 0 unspecified atom stereocenters. The highest BCUT2D eigenvalue weighted by Crippen LogP contribution is 2.31. The van der Waals surface area contributed by atoms with Gasteiger partial charge >= 0.3 is 0 Å². The lowest BCUT2D eigenvalue weighted by Gasteiger charge is -2.26. The number of halogens is 2. The van der Waals surface area contributed by atoms with Gasteiger partial charge in [0.25, 0.3) is 0 Å². The lowest BCUT2D eigenvalue weighted by Crippen LogP contribution is -2.39. The largest absolute Gasteiger partial charge is 0.364 e. The minimum Gasteiger partial charge on any atom is -0.364 e. The Hall–Kier alpha value is -2.28. The SMILES string of the molecule is CN1CC[C@H](NC(=O)Cc2ccon2)[C@@H]1c1ccc(F)c(F)c1. The molecule has 1 aliphatic rings. The number of likely N-dealkylation sites (N-methyl/N-ethyl adjacent to an activating group) is 1. The second-order valence-electron chi connectivity index (χ2n) is 5.73. The summed E-state index contributed by atoms with van der Waals surface area (Å²) in [5.41, 5.74) is 1.20. The zero-order valence-corrected chi connectivity index (χ0v) is 12.6. The van der Waals surface area contributed by atoms with Crippen LogP contribution in [0.2, 0.25) is 0 Å². The normalized spacial score (nSPS) is 21.5. The summed E-state index contributed by atoms with van der Waals surface area (Å²) in [5, 5.41) is 6.66. The zero-order valence-electron chi connectivity index (χ0n) is 12.6. The van der Waals surface area contributed by atoms with Crippen LogP contribution < -0.4 is 5.32 Å². The average Bonchev–Trinajstić information content (AvgIpc) is 3.12. The van der Waals surface area contributed by atoms with Crippen LogP contribution in [0.1, 0.15) is 23.7 Å². The number of carbonyl (C=O) groups excluding carboxylic acids is 1. The first-order chi connectivity index (χ1) is 11.0. The van der Waals surface area contributed by atoms with Crippen LogP contribution in [0.5, 0.6) is 0 Å². The first-order valence-corrected chi connectivity index (χ1v) is 7.38. The molecule has 1 saturated heterocycles. The number of nitrogens with one attached hydrogen (secondary N) is 1. The monoisotopic (exact) mass is 321 g/mol. The lowest BCUT2D eigenvalue weighted by atomic mass is 9.99. The van der Waals surface area contributed by atoms with Crippen LogP contribution in [0.3, 0.4) is 0 Å². The Labute approximate surface area is 132 Å². The van der Waals surface area contributed by atoms with Gasteiger partial charge in [0.1, 0.15) is 6.26 Å². The first-order valence-electron chi connectivity index (χ1n) is 7.38. The van der Waals surface area contributed by atoms with E-state index in [0.29, 0.717) is 11.3 Å². The molecule has 1 aromatic carbocycles. The van der Waals surface area contributed by atoms with E-state index in [2.05, 4.69) is 10.5 Å². The molecular formula is C16H17F2N3O2. The van der Waals surface area contributed by atoms with Crippen molar-refractivity contribution in [3.05, 3.63) is 53.4 Å². The molecule has 1 amide bonds. The van der Waals surface area contributed by atoms with Gasteiger partial charge in [-0.25, -0.2) is 8.78 Å². The molecule has 0 bridgehead atoms. The van der Waals surface area contributed by atoms with Crippen LogP contribution in [0.15, 0.2) is 35.1 Å². The van der Waals surface area contributed by atoms with E-state index in [1.54, 1.807) is 12.1 Å². The van der Waals surface area contributed by atoms with Crippen molar-refractivity contribution in [2.75, 3.05) is 13.6 Å².